The molecule has 10 heteroatoms. The Balaban J connectivity index is 1.55. The first-order chi connectivity index (χ1) is 14.4. The Hall–Kier alpha value is -3.04. The number of hydrogen-bond acceptors (Lipinski definition) is 5. The smallest absolute Gasteiger partial charge is 0.388 e. The normalized spacial score (nSPS) is 19.5. The van der Waals surface area contributed by atoms with Crippen LogP contribution in [0.5, 0.6) is 5.88 Å². The zero-order valence-corrected chi connectivity index (χ0v) is 16.8. The molecule has 1 aliphatic rings. The standard InChI is InChI=1S/C20H24F2N6O2/c1-12(2)13-4-6-14(7-5-13)28-11-16(19(26-28)30-20(21)22)25-18(29)15-10-24-27-9-3-8-23-17(15)27/h3,8-14,20H,4-7H2,1-2H3,(H,25,29)/t13-,14-. The van der Waals surface area contributed by atoms with Crippen LogP contribution in [0, 0.1) is 11.8 Å². The highest BCUT2D eigenvalue weighted by molar-refractivity contribution is 6.08. The highest BCUT2D eigenvalue weighted by Gasteiger charge is 2.27. The number of hydrogen-bond donors (Lipinski definition) is 1. The van der Waals surface area contributed by atoms with Crippen molar-refractivity contribution < 1.29 is 18.3 Å². The molecule has 1 saturated carbocycles. The van der Waals surface area contributed by atoms with Crippen LogP contribution in [0.25, 0.3) is 5.65 Å². The van der Waals surface area contributed by atoms with Crippen LogP contribution >= 0.6 is 0 Å². The van der Waals surface area contributed by atoms with Crippen LogP contribution in [0.4, 0.5) is 14.5 Å². The van der Waals surface area contributed by atoms with E-state index in [1.165, 1.54) is 10.7 Å². The summed E-state index contributed by atoms with van der Waals surface area (Å²) in [6.07, 6.45) is 10.1. The maximum Gasteiger partial charge on any atom is 0.388 e. The lowest BCUT2D eigenvalue weighted by Crippen LogP contribution is -2.21. The van der Waals surface area contributed by atoms with Gasteiger partial charge in [0.2, 0.25) is 0 Å². The van der Waals surface area contributed by atoms with Crippen molar-refractivity contribution in [3.05, 3.63) is 36.4 Å². The molecule has 1 amide bonds. The van der Waals surface area contributed by atoms with Crippen LogP contribution in [0.1, 0.15) is 55.9 Å². The first kappa shape index (κ1) is 20.2. The molecule has 0 atom stereocenters. The second-order valence-electron chi connectivity index (χ2n) is 7.92. The quantitative estimate of drug-likeness (QED) is 0.649. The molecule has 0 bridgehead atoms. The number of carbonyl (C=O) groups excluding carboxylic acids is 1. The van der Waals surface area contributed by atoms with E-state index in [1.54, 1.807) is 29.3 Å². The monoisotopic (exact) mass is 418 g/mol. The van der Waals surface area contributed by atoms with E-state index in [0.29, 0.717) is 17.5 Å². The van der Waals surface area contributed by atoms with E-state index >= 15 is 0 Å². The van der Waals surface area contributed by atoms with Crippen molar-refractivity contribution in [1.29, 1.82) is 0 Å². The van der Waals surface area contributed by atoms with Gasteiger partial charge in [-0.15, -0.1) is 5.10 Å². The molecule has 8 nitrogen and oxygen atoms in total. The Bertz CT molecular complexity index is 1020. The van der Waals surface area contributed by atoms with Crippen molar-refractivity contribution in [1.82, 2.24) is 24.4 Å². The lowest BCUT2D eigenvalue weighted by atomic mass is 9.80. The topological polar surface area (TPSA) is 86.3 Å². The summed E-state index contributed by atoms with van der Waals surface area (Å²) in [5.74, 6) is 0.464. The van der Waals surface area contributed by atoms with Gasteiger partial charge >= 0.3 is 6.61 Å². The molecule has 0 unspecified atom stereocenters. The van der Waals surface area contributed by atoms with E-state index in [0.717, 1.165) is 25.7 Å². The van der Waals surface area contributed by atoms with Gasteiger partial charge in [-0.2, -0.15) is 13.9 Å². The van der Waals surface area contributed by atoms with E-state index in [4.69, 9.17) is 0 Å². The minimum atomic E-state index is -3.04. The number of anilines is 1. The molecule has 0 spiro atoms. The molecule has 1 fully saturated rings. The highest BCUT2D eigenvalue weighted by Crippen LogP contribution is 2.37. The maximum absolute atomic E-state index is 12.9. The van der Waals surface area contributed by atoms with Gasteiger partial charge in [0.15, 0.2) is 5.65 Å². The van der Waals surface area contributed by atoms with Crippen molar-refractivity contribution in [2.24, 2.45) is 11.8 Å². The molecule has 0 aliphatic heterocycles. The third kappa shape index (κ3) is 4.12. The van der Waals surface area contributed by atoms with Crippen LogP contribution in [0.2, 0.25) is 0 Å². The van der Waals surface area contributed by atoms with E-state index in [9.17, 15) is 13.6 Å². The molecule has 3 aromatic rings. The zero-order chi connectivity index (χ0) is 21.3. The molecule has 1 aliphatic carbocycles. The van der Waals surface area contributed by atoms with Crippen LogP contribution in [-0.4, -0.2) is 36.9 Å². The van der Waals surface area contributed by atoms with Gasteiger partial charge in [-0.05, 0) is 43.6 Å². The molecular weight excluding hydrogens is 394 g/mol. The summed E-state index contributed by atoms with van der Waals surface area (Å²) in [6, 6.07) is 1.78. The molecule has 160 valence electrons. The summed E-state index contributed by atoms with van der Waals surface area (Å²) in [7, 11) is 0. The summed E-state index contributed by atoms with van der Waals surface area (Å²) < 4.78 is 33.5. The molecular formula is C20H24F2N6O2. The van der Waals surface area contributed by atoms with Crippen molar-refractivity contribution in [2.75, 3.05) is 5.32 Å². The molecule has 3 heterocycles. The zero-order valence-electron chi connectivity index (χ0n) is 16.8. The molecule has 4 rings (SSSR count). The summed E-state index contributed by atoms with van der Waals surface area (Å²) in [5, 5.41) is 10.9. The van der Waals surface area contributed by atoms with Gasteiger partial charge in [0.25, 0.3) is 11.8 Å². The number of rotatable bonds is 6. The predicted molar refractivity (Wildman–Crippen MR) is 106 cm³/mol. The van der Waals surface area contributed by atoms with Crippen LogP contribution < -0.4 is 10.1 Å². The maximum atomic E-state index is 12.9. The number of halogens is 2. The Kier molecular flexibility index (Phi) is 5.65. The van der Waals surface area contributed by atoms with Gasteiger partial charge in [-0.25, -0.2) is 9.50 Å². The molecule has 1 N–H and O–H groups in total. The fourth-order valence-electron chi connectivity index (χ4n) is 4.03. The Morgan fingerprint density at radius 1 is 1.27 bits per heavy atom. The second kappa shape index (κ2) is 8.37. The summed E-state index contributed by atoms with van der Waals surface area (Å²) in [6.45, 7) is 1.40. The van der Waals surface area contributed by atoms with E-state index in [-0.39, 0.29) is 23.2 Å². The molecule has 30 heavy (non-hydrogen) atoms. The van der Waals surface area contributed by atoms with Gasteiger partial charge in [0.05, 0.1) is 18.4 Å². The minimum absolute atomic E-state index is 0.0873. The fraction of sp³-hybridized carbons (Fsp3) is 0.500. The third-order valence-corrected chi connectivity index (χ3v) is 5.73. The summed E-state index contributed by atoms with van der Waals surface area (Å²) in [5.41, 5.74) is 0.691. The van der Waals surface area contributed by atoms with Gasteiger partial charge in [-0.3, -0.25) is 9.48 Å². The molecule has 0 aromatic carbocycles. The average Bonchev–Trinajstić information content (AvgIpc) is 3.32. The first-order valence-electron chi connectivity index (χ1n) is 10.1. The van der Waals surface area contributed by atoms with Crippen molar-refractivity contribution in [3.8, 4) is 5.88 Å². The summed E-state index contributed by atoms with van der Waals surface area (Å²) >= 11 is 0. The SMILES string of the molecule is CC(C)[C@H]1CC[C@H](n2cc(NC(=O)c3cnn4cccnc34)c(OC(F)F)n2)CC1. The van der Waals surface area contributed by atoms with E-state index in [1.807, 2.05) is 0 Å². The molecule has 0 radical (unpaired) electrons. The Morgan fingerprint density at radius 2 is 2.03 bits per heavy atom. The van der Waals surface area contributed by atoms with E-state index < -0.39 is 12.5 Å². The third-order valence-electron chi connectivity index (χ3n) is 5.73. The van der Waals surface area contributed by atoms with Crippen molar-refractivity contribution >= 4 is 17.2 Å². The Labute approximate surface area is 172 Å². The first-order valence-corrected chi connectivity index (χ1v) is 10.1. The van der Waals surface area contributed by atoms with Gasteiger partial charge in [0.1, 0.15) is 11.3 Å². The number of alkyl halides is 2. The number of ether oxygens (including phenoxy) is 1. The average molecular weight is 418 g/mol. The lowest BCUT2D eigenvalue weighted by Gasteiger charge is -2.30. The van der Waals surface area contributed by atoms with Crippen molar-refractivity contribution in [2.45, 2.75) is 52.2 Å². The molecule has 3 aromatic heterocycles. The van der Waals surface area contributed by atoms with Crippen LogP contribution in [0.15, 0.2) is 30.9 Å². The van der Waals surface area contributed by atoms with Gasteiger partial charge < -0.3 is 10.1 Å². The largest absolute Gasteiger partial charge is 0.413 e. The summed E-state index contributed by atoms with van der Waals surface area (Å²) in [4.78, 5) is 16.9. The number of aromatic nitrogens is 5. The van der Waals surface area contributed by atoms with Crippen LogP contribution in [0.3, 0.4) is 0 Å². The number of carbonyl (C=O) groups is 1. The molecule has 0 saturated heterocycles. The van der Waals surface area contributed by atoms with E-state index in [2.05, 4.69) is 39.1 Å². The number of nitrogens with zero attached hydrogens (tertiary/aromatic N) is 5. The number of nitrogens with one attached hydrogen (secondary N) is 1. The van der Waals surface area contributed by atoms with Crippen LogP contribution in [-0.2, 0) is 0 Å². The predicted octanol–water partition coefficient (Wildman–Crippen LogP) is 4.17. The number of fused-ring (bicyclic) bond motifs is 1. The van der Waals surface area contributed by atoms with Gasteiger partial charge in [0, 0.05) is 12.4 Å². The fourth-order valence-corrected chi connectivity index (χ4v) is 4.03. The Morgan fingerprint density at radius 3 is 2.73 bits per heavy atom. The highest BCUT2D eigenvalue weighted by atomic mass is 19.3. The lowest BCUT2D eigenvalue weighted by molar-refractivity contribution is -0.0529. The van der Waals surface area contributed by atoms with Crippen molar-refractivity contribution in [3.63, 3.8) is 0 Å². The minimum Gasteiger partial charge on any atom is -0.413 e. The second-order valence-corrected chi connectivity index (χ2v) is 7.92. The number of amides is 1. The van der Waals surface area contributed by atoms with Gasteiger partial charge in [-0.1, -0.05) is 13.8 Å².